The molecule has 3 amide bonds. The molecule has 0 spiro atoms. The molecule has 7 heteroatoms. The third kappa shape index (κ3) is 5.04. The summed E-state index contributed by atoms with van der Waals surface area (Å²) in [6, 6.07) is 11.3. The average Bonchev–Trinajstić information content (AvgIpc) is 3.43. The van der Waals surface area contributed by atoms with Crippen molar-refractivity contribution in [3.05, 3.63) is 65.4 Å². The van der Waals surface area contributed by atoms with E-state index in [1.165, 1.54) is 4.90 Å². The van der Waals surface area contributed by atoms with E-state index in [0.29, 0.717) is 18.8 Å². The number of hydrogen-bond acceptors (Lipinski definition) is 2. The first kappa shape index (κ1) is 20.2. The number of anilines is 1. The zero-order chi connectivity index (χ0) is 20.1. The molecule has 28 heavy (non-hydrogen) atoms. The Morgan fingerprint density at radius 2 is 2.04 bits per heavy atom. The number of rotatable bonds is 8. The van der Waals surface area contributed by atoms with E-state index in [0.717, 1.165) is 23.0 Å². The molecule has 1 fully saturated rings. The van der Waals surface area contributed by atoms with Gasteiger partial charge >= 0.3 is 6.03 Å². The van der Waals surface area contributed by atoms with Crippen LogP contribution >= 0.6 is 15.9 Å². The minimum Gasteiger partial charge on any atom is -0.353 e. The number of nitrogens with one attached hydrogen (secondary N) is 1. The number of carbonyl (C=O) groups excluding carboxylic acids is 2. The molecule has 6 nitrogen and oxygen atoms in total. The van der Waals surface area contributed by atoms with E-state index in [4.69, 9.17) is 0 Å². The van der Waals surface area contributed by atoms with Crippen LogP contribution in [-0.4, -0.2) is 45.4 Å². The highest BCUT2D eigenvalue weighted by Gasteiger charge is 2.34. The summed E-state index contributed by atoms with van der Waals surface area (Å²) in [5.74, 6) is -0.0483. The number of nitrogens with zero attached hydrogens (tertiary/aromatic N) is 3. The molecule has 0 saturated heterocycles. The summed E-state index contributed by atoms with van der Waals surface area (Å²) in [7, 11) is 1.97. The quantitative estimate of drug-likeness (QED) is 0.625. The van der Waals surface area contributed by atoms with Crippen molar-refractivity contribution in [2.75, 3.05) is 18.4 Å². The summed E-state index contributed by atoms with van der Waals surface area (Å²) in [5.41, 5.74) is 1.74. The van der Waals surface area contributed by atoms with Crippen LogP contribution in [0.3, 0.4) is 0 Å². The Labute approximate surface area is 173 Å². The molecule has 1 aliphatic carbocycles. The molecule has 148 valence electrons. The SMILES string of the molecule is C=CCN(CC(=O)N(Cc1cccn1C)C1CC1)C(=O)Nc1ccccc1Br. The lowest BCUT2D eigenvalue weighted by Crippen LogP contribution is -2.45. The fourth-order valence-corrected chi connectivity index (χ4v) is 3.41. The Morgan fingerprint density at radius 3 is 2.64 bits per heavy atom. The van der Waals surface area contributed by atoms with Crippen molar-refractivity contribution >= 4 is 33.6 Å². The second-order valence-electron chi connectivity index (χ2n) is 6.94. The van der Waals surface area contributed by atoms with E-state index in [1.54, 1.807) is 6.08 Å². The van der Waals surface area contributed by atoms with E-state index in [1.807, 2.05) is 59.1 Å². The molecule has 2 aromatic rings. The number of aryl methyl sites for hydroxylation is 1. The van der Waals surface area contributed by atoms with Gasteiger partial charge in [-0.25, -0.2) is 4.79 Å². The van der Waals surface area contributed by atoms with Crippen LogP contribution < -0.4 is 5.32 Å². The third-order valence-electron chi connectivity index (χ3n) is 4.77. The second kappa shape index (κ2) is 9.10. The third-order valence-corrected chi connectivity index (χ3v) is 5.46. The van der Waals surface area contributed by atoms with E-state index in [9.17, 15) is 9.59 Å². The van der Waals surface area contributed by atoms with E-state index < -0.39 is 0 Å². The summed E-state index contributed by atoms with van der Waals surface area (Å²) in [6.45, 7) is 4.59. The number of amides is 3. The topological polar surface area (TPSA) is 57.6 Å². The molecule has 0 unspecified atom stereocenters. The number of halogens is 1. The van der Waals surface area contributed by atoms with Crippen molar-refractivity contribution in [3.8, 4) is 0 Å². The normalized spacial score (nSPS) is 13.1. The summed E-state index contributed by atoms with van der Waals surface area (Å²) >= 11 is 3.42. The van der Waals surface area contributed by atoms with E-state index in [-0.39, 0.29) is 24.5 Å². The Kier molecular flexibility index (Phi) is 6.57. The average molecular weight is 445 g/mol. The molecule has 1 heterocycles. The van der Waals surface area contributed by atoms with Crippen LogP contribution in [0.25, 0.3) is 0 Å². The van der Waals surface area contributed by atoms with Crippen LogP contribution in [0.2, 0.25) is 0 Å². The maximum atomic E-state index is 13.0. The second-order valence-corrected chi connectivity index (χ2v) is 7.80. The minimum atomic E-state index is -0.324. The Hall–Kier alpha value is -2.54. The Morgan fingerprint density at radius 1 is 1.29 bits per heavy atom. The smallest absolute Gasteiger partial charge is 0.322 e. The Bertz CT molecular complexity index is 860. The number of para-hydroxylation sites is 1. The van der Waals surface area contributed by atoms with Gasteiger partial charge in [-0.2, -0.15) is 0 Å². The van der Waals surface area contributed by atoms with Crippen molar-refractivity contribution in [3.63, 3.8) is 0 Å². The summed E-state index contributed by atoms with van der Waals surface area (Å²) in [6.07, 6.45) is 5.63. The maximum absolute atomic E-state index is 13.0. The predicted octanol–water partition coefficient (Wildman–Crippen LogP) is 4.00. The number of aromatic nitrogens is 1. The standard InChI is InChI=1S/C21H25BrN4O2/c1-3-12-25(21(28)23-19-9-5-4-8-18(19)22)15-20(27)26(16-10-11-16)14-17-7-6-13-24(17)2/h3-9,13,16H,1,10-12,14-15H2,2H3,(H,23,28). The fourth-order valence-electron chi connectivity index (χ4n) is 3.03. The van der Waals surface area contributed by atoms with Crippen LogP contribution in [0, 0.1) is 0 Å². The van der Waals surface area contributed by atoms with Gasteiger partial charge in [-0.05, 0) is 53.0 Å². The van der Waals surface area contributed by atoms with Gasteiger partial charge in [0.2, 0.25) is 5.91 Å². The van der Waals surface area contributed by atoms with Crippen LogP contribution in [0.15, 0.2) is 59.7 Å². The van der Waals surface area contributed by atoms with Gasteiger partial charge in [0, 0.05) is 36.0 Å². The van der Waals surface area contributed by atoms with Crippen LogP contribution in [0.5, 0.6) is 0 Å². The first-order valence-corrected chi connectivity index (χ1v) is 10.1. The first-order chi connectivity index (χ1) is 13.5. The zero-order valence-electron chi connectivity index (χ0n) is 16.0. The lowest BCUT2D eigenvalue weighted by Gasteiger charge is -2.27. The number of carbonyl (C=O) groups is 2. The highest BCUT2D eigenvalue weighted by Crippen LogP contribution is 2.29. The van der Waals surface area contributed by atoms with Crippen molar-refractivity contribution < 1.29 is 9.59 Å². The lowest BCUT2D eigenvalue weighted by atomic mass is 10.3. The maximum Gasteiger partial charge on any atom is 0.322 e. The van der Waals surface area contributed by atoms with E-state index in [2.05, 4.69) is 27.8 Å². The zero-order valence-corrected chi connectivity index (χ0v) is 17.6. The van der Waals surface area contributed by atoms with Gasteiger partial charge in [-0.15, -0.1) is 6.58 Å². The highest BCUT2D eigenvalue weighted by atomic mass is 79.9. The summed E-state index contributed by atoms with van der Waals surface area (Å²) in [5, 5.41) is 2.86. The molecule has 0 aliphatic heterocycles. The molecule has 1 N–H and O–H groups in total. The van der Waals surface area contributed by atoms with Gasteiger partial charge in [0.05, 0.1) is 12.2 Å². The van der Waals surface area contributed by atoms with E-state index >= 15 is 0 Å². The monoisotopic (exact) mass is 444 g/mol. The number of hydrogen-bond donors (Lipinski definition) is 1. The molecular formula is C21H25BrN4O2. The fraction of sp³-hybridized carbons (Fsp3) is 0.333. The van der Waals surface area contributed by atoms with Gasteiger partial charge in [0.15, 0.2) is 0 Å². The minimum absolute atomic E-state index is 0.0171. The molecule has 0 atom stereocenters. The predicted molar refractivity (Wildman–Crippen MR) is 114 cm³/mol. The largest absolute Gasteiger partial charge is 0.353 e. The molecule has 0 bridgehead atoms. The molecule has 1 aromatic carbocycles. The number of benzene rings is 1. The van der Waals surface area contributed by atoms with Crippen LogP contribution in [0.4, 0.5) is 10.5 Å². The summed E-state index contributed by atoms with van der Waals surface area (Å²) < 4.78 is 2.81. The lowest BCUT2D eigenvalue weighted by molar-refractivity contribution is -0.133. The molecular weight excluding hydrogens is 420 g/mol. The summed E-state index contributed by atoms with van der Waals surface area (Å²) in [4.78, 5) is 29.1. The van der Waals surface area contributed by atoms with Crippen molar-refractivity contribution in [1.29, 1.82) is 0 Å². The Balaban J connectivity index is 1.68. The van der Waals surface area contributed by atoms with Crippen molar-refractivity contribution in [2.45, 2.75) is 25.4 Å². The highest BCUT2D eigenvalue weighted by molar-refractivity contribution is 9.10. The van der Waals surface area contributed by atoms with Crippen LogP contribution in [0.1, 0.15) is 18.5 Å². The molecule has 0 radical (unpaired) electrons. The molecule has 1 saturated carbocycles. The van der Waals surface area contributed by atoms with Crippen LogP contribution in [-0.2, 0) is 18.4 Å². The van der Waals surface area contributed by atoms with Crippen molar-refractivity contribution in [2.24, 2.45) is 7.05 Å². The van der Waals surface area contributed by atoms with Crippen molar-refractivity contribution in [1.82, 2.24) is 14.4 Å². The van der Waals surface area contributed by atoms with Gasteiger partial charge < -0.3 is 19.7 Å². The first-order valence-electron chi connectivity index (χ1n) is 9.30. The number of urea groups is 1. The molecule has 1 aromatic heterocycles. The van der Waals surface area contributed by atoms with Gasteiger partial charge in [0.1, 0.15) is 6.54 Å². The molecule has 3 rings (SSSR count). The van der Waals surface area contributed by atoms with Gasteiger partial charge in [0.25, 0.3) is 0 Å². The van der Waals surface area contributed by atoms with Gasteiger partial charge in [-0.3, -0.25) is 4.79 Å². The molecule has 1 aliphatic rings. The van der Waals surface area contributed by atoms with Gasteiger partial charge in [-0.1, -0.05) is 18.2 Å².